The Hall–Kier alpha value is -6.24. The monoisotopic (exact) mass is 606 g/mol. The van der Waals surface area contributed by atoms with Crippen LogP contribution in [0.1, 0.15) is 0 Å². The molecule has 10 rings (SSSR count). The average Bonchev–Trinajstić information content (AvgIpc) is 3.49. The Morgan fingerprint density at radius 3 is 1.04 bits per heavy atom. The minimum Gasteiger partial charge on any atom is -0.0622 e. The largest absolute Gasteiger partial charge is 0.0622 e. The molecule has 0 aromatic heterocycles. The molecular weight excluding hydrogens is 577 g/mol. The molecule has 0 nitrogen and oxygen atoms in total. The van der Waals surface area contributed by atoms with E-state index in [9.17, 15) is 0 Å². The lowest BCUT2D eigenvalue weighted by Gasteiger charge is -2.24. The Labute approximate surface area is 280 Å². The second-order valence-corrected chi connectivity index (χ2v) is 12.8. The van der Waals surface area contributed by atoms with E-state index in [0.29, 0.717) is 0 Å². The Morgan fingerprint density at radius 2 is 0.583 bits per heavy atom. The van der Waals surface area contributed by atoms with Crippen LogP contribution in [-0.4, -0.2) is 0 Å². The summed E-state index contributed by atoms with van der Waals surface area (Å²) in [5, 5.41) is 7.67. The summed E-state index contributed by atoms with van der Waals surface area (Å²) in [7, 11) is 0. The summed E-state index contributed by atoms with van der Waals surface area (Å²) in [5.41, 5.74) is 15.3. The first-order valence-corrected chi connectivity index (χ1v) is 16.7. The molecule has 48 heavy (non-hydrogen) atoms. The van der Waals surface area contributed by atoms with Gasteiger partial charge in [0.15, 0.2) is 0 Å². The van der Waals surface area contributed by atoms with Gasteiger partial charge in [0.25, 0.3) is 0 Å². The summed E-state index contributed by atoms with van der Waals surface area (Å²) in [6.45, 7) is 0. The Kier molecular flexibility index (Phi) is 5.98. The van der Waals surface area contributed by atoms with Gasteiger partial charge in [-0.3, -0.25) is 0 Å². The van der Waals surface area contributed by atoms with Crippen LogP contribution in [0.25, 0.3) is 99.1 Å². The topological polar surface area (TPSA) is 0 Å². The summed E-state index contributed by atoms with van der Waals surface area (Å²) in [5.74, 6) is 0. The summed E-state index contributed by atoms with van der Waals surface area (Å²) >= 11 is 0. The lowest BCUT2D eigenvalue weighted by Crippen LogP contribution is -1.96. The summed E-state index contributed by atoms with van der Waals surface area (Å²) < 4.78 is 0. The molecule has 0 N–H and O–H groups in total. The average molecular weight is 607 g/mol. The van der Waals surface area contributed by atoms with Crippen LogP contribution in [0.15, 0.2) is 182 Å². The lowest BCUT2D eigenvalue weighted by atomic mass is 9.79. The molecule has 0 spiro atoms. The van der Waals surface area contributed by atoms with Gasteiger partial charge in [-0.25, -0.2) is 0 Å². The predicted molar refractivity (Wildman–Crippen MR) is 205 cm³/mol. The molecule has 1 aliphatic carbocycles. The van der Waals surface area contributed by atoms with Gasteiger partial charge in [0, 0.05) is 0 Å². The third kappa shape index (κ3) is 3.96. The van der Waals surface area contributed by atoms with Crippen LogP contribution >= 0.6 is 0 Å². The third-order valence-corrected chi connectivity index (χ3v) is 10.2. The first kappa shape index (κ1) is 26.9. The van der Waals surface area contributed by atoms with Gasteiger partial charge >= 0.3 is 0 Å². The van der Waals surface area contributed by atoms with Crippen LogP contribution in [-0.2, 0) is 0 Å². The van der Waals surface area contributed by atoms with Crippen LogP contribution in [0.5, 0.6) is 0 Å². The number of rotatable bonds is 4. The maximum atomic E-state index is 2.44. The van der Waals surface area contributed by atoms with Crippen LogP contribution in [0.4, 0.5) is 0 Å². The molecular formula is C48H30. The SMILES string of the molecule is c1ccc(-c2ccccc2-c2c3c(c(-c4ccccc4-c4ccccc4)c4cc5ccccc5cc24)-c2cccc4cccc-3c24)cc1. The fourth-order valence-electron chi connectivity index (χ4n) is 8.17. The molecule has 0 aliphatic heterocycles. The molecule has 0 amide bonds. The lowest BCUT2D eigenvalue weighted by molar-refractivity contribution is 1.58. The molecule has 0 saturated heterocycles. The molecule has 0 radical (unpaired) electrons. The van der Waals surface area contributed by atoms with E-state index in [1.54, 1.807) is 0 Å². The van der Waals surface area contributed by atoms with Gasteiger partial charge in [0.05, 0.1) is 0 Å². The van der Waals surface area contributed by atoms with Crippen molar-refractivity contribution >= 4 is 32.3 Å². The molecule has 9 aromatic carbocycles. The molecule has 0 atom stereocenters. The van der Waals surface area contributed by atoms with Crippen LogP contribution in [0, 0.1) is 0 Å². The van der Waals surface area contributed by atoms with E-state index in [0.717, 1.165) is 0 Å². The van der Waals surface area contributed by atoms with Crippen LogP contribution < -0.4 is 0 Å². The molecule has 0 heteroatoms. The van der Waals surface area contributed by atoms with Crippen LogP contribution in [0.2, 0.25) is 0 Å². The minimum absolute atomic E-state index is 1.23. The zero-order valence-corrected chi connectivity index (χ0v) is 26.3. The molecule has 0 fully saturated rings. The first-order valence-electron chi connectivity index (χ1n) is 16.7. The van der Waals surface area contributed by atoms with Crippen LogP contribution in [0.3, 0.4) is 0 Å². The summed E-state index contributed by atoms with van der Waals surface area (Å²) in [6, 6.07) is 67.0. The Bertz CT molecular complexity index is 2510. The quantitative estimate of drug-likeness (QED) is 0.175. The van der Waals surface area contributed by atoms with Crippen molar-refractivity contribution < 1.29 is 0 Å². The predicted octanol–water partition coefficient (Wildman–Crippen LogP) is 13.5. The van der Waals surface area contributed by atoms with E-state index >= 15 is 0 Å². The van der Waals surface area contributed by atoms with Crippen molar-refractivity contribution in [3.8, 4) is 66.8 Å². The minimum atomic E-state index is 1.23. The Balaban J connectivity index is 1.46. The summed E-state index contributed by atoms with van der Waals surface area (Å²) in [4.78, 5) is 0. The summed E-state index contributed by atoms with van der Waals surface area (Å²) in [6.07, 6.45) is 0. The highest BCUT2D eigenvalue weighted by atomic mass is 14.3. The van der Waals surface area contributed by atoms with E-state index < -0.39 is 0 Å². The van der Waals surface area contributed by atoms with Gasteiger partial charge in [-0.2, -0.15) is 0 Å². The van der Waals surface area contributed by atoms with E-state index in [2.05, 4.69) is 182 Å². The zero-order valence-electron chi connectivity index (χ0n) is 26.3. The number of benzene rings is 9. The first-order chi connectivity index (χ1) is 23.8. The van der Waals surface area contributed by atoms with Crippen molar-refractivity contribution in [1.82, 2.24) is 0 Å². The van der Waals surface area contributed by atoms with E-state index in [1.807, 2.05) is 0 Å². The second kappa shape index (κ2) is 10.7. The highest BCUT2D eigenvalue weighted by Gasteiger charge is 2.32. The Morgan fingerprint density at radius 1 is 0.229 bits per heavy atom. The van der Waals surface area contributed by atoms with E-state index in [4.69, 9.17) is 0 Å². The van der Waals surface area contributed by atoms with Crippen molar-refractivity contribution in [3.05, 3.63) is 182 Å². The van der Waals surface area contributed by atoms with Crippen molar-refractivity contribution in [1.29, 1.82) is 0 Å². The normalized spacial score (nSPS) is 11.8. The highest BCUT2D eigenvalue weighted by molar-refractivity contribution is 6.29. The second-order valence-electron chi connectivity index (χ2n) is 12.8. The van der Waals surface area contributed by atoms with Gasteiger partial charge in [0.1, 0.15) is 0 Å². The molecule has 0 unspecified atom stereocenters. The maximum Gasteiger partial charge on any atom is -0.000719 e. The van der Waals surface area contributed by atoms with Crippen molar-refractivity contribution in [2.24, 2.45) is 0 Å². The standard InChI is InChI=1S/C48H30/c1-3-15-31(16-4-1)36-23-9-11-25-38(36)45-42-29-34-19-7-8-20-35(34)30-43(42)46(39-26-12-10-24-37(39)32-17-5-2-6-18-32)48-41-28-14-22-33-21-13-27-40(44(33)41)47(45)48/h1-30H. The van der Waals surface area contributed by atoms with Gasteiger partial charge < -0.3 is 0 Å². The molecule has 0 saturated carbocycles. The molecule has 0 heterocycles. The highest BCUT2D eigenvalue weighted by Crippen LogP contribution is 2.59. The van der Waals surface area contributed by atoms with Crippen molar-refractivity contribution in [2.45, 2.75) is 0 Å². The van der Waals surface area contributed by atoms with E-state index in [1.165, 1.54) is 99.1 Å². The third-order valence-electron chi connectivity index (χ3n) is 10.2. The number of fused-ring (bicyclic) bond motifs is 5. The fourth-order valence-corrected chi connectivity index (χ4v) is 8.17. The van der Waals surface area contributed by atoms with E-state index in [-0.39, 0.29) is 0 Å². The molecule has 222 valence electrons. The van der Waals surface area contributed by atoms with Gasteiger partial charge in [0.2, 0.25) is 0 Å². The van der Waals surface area contributed by atoms with Crippen molar-refractivity contribution in [3.63, 3.8) is 0 Å². The number of hydrogen-bond acceptors (Lipinski definition) is 0. The number of hydrogen-bond donors (Lipinski definition) is 0. The maximum absolute atomic E-state index is 2.44. The molecule has 1 aliphatic rings. The van der Waals surface area contributed by atoms with Gasteiger partial charge in [-0.15, -0.1) is 0 Å². The van der Waals surface area contributed by atoms with Crippen molar-refractivity contribution in [2.75, 3.05) is 0 Å². The van der Waals surface area contributed by atoms with Gasteiger partial charge in [-0.1, -0.05) is 170 Å². The van der Waals surface area contributed by atoms with Gasteiger partial charge in [-0.05, 0) is 111 Å². The smallest absolute Gasteiger partial charge is 0.000719 e. The zero-order chi connectivity index (χ0) is 31.6. The molecule has 9 aromatic rings. The molecule has 0 bridgehead atoms. The fraction of sp³-hybridized carbons (Fsp3) is 0.